The highest BCUT2D eigenvalue weighted by Gasteiger charge is 2.29. The number of nitrogens with one attached hydrogen (secondary N) is 1. The lowest BCUT2D eigenvalue weighted by Crippen LogP contribution is -2.38. The zero-order chi connectivity index (χ0) is 13.1. The summed E-state index contributed by atoms with van der Waals surface area (Å²) in [7, 11) is 1.79. The highest BCUT2D eigenvalue weighted by atomic mass is 16.4. The molecule has 1 aliphatic carbocycles. The zero-order valence-electron chi connectivity index (χ0n) is 10.2. The second-order valence-corrected chi connectivity index (χ2v) is 4.50. The van der Waals surface area contributed by atoms with Crippen LogP contribution in [0.1, 0.15) is 28.8 Å². The first-order chi connectivity index (χ1) is 8.58. The van der Waals surface area contributed by atoms with Gasteiger partial charge in [-0.1, -0.05) is 12.1 Å². The van der Waals surface area contributed by atoms with E-state index < -0.39 is 5.97 Å². The molecule has 0 heterocycles. The molecule has 18 heavy (non-hydrogen) atoms. The Bertz CT molecular complexity index is 452. The summed E-state index contributed by atoms with van der Waals surface area (Å²) < 4.78 is 0. The van der Waals surface area contributed by atoms with Gasteiger partial charge in [0.05, 0.1) is 5.56 Å². The summed E-state index contributed by atoms with van der Waals surface area (Å²) in [5, 5.41) is 11.6. The van der Waals surface area contributed by atoms with Gasteiger partial charge in [-0.25, -0.2) is 9.59 Å². The van der Waals surface area contributed by atoms with Crippen molar-refractivity contribution in [3.8, 4) is 0 Å². The normalized spacial score (nSPS) is 14.1. The van der Waals surface area contributed by atoms with Gasteiger partial charge in [0.25, 0.3) is 0 Å². The van der Waals surface area contributed by atoms with E-state index in [-0.39, 0.29) is 11.6 Å². The van der Waals surface area contributed by atoms with Crippen LogP contribution < -0.4 is 5.32 Å². The largest absolute Gasteiger partial charge is 0.478 e. The van der Waals surface area contributed by atoms with E-state index in [1.807, 2.05) is 0 Å². The minimum atomic E-state index is -0.945. The number of carboxylic acid groups (broad SMARTS) is 1. The van der Waals surface area contributed by atoms with Crippen molar-refractivity contribution in [3.05, 3.63) is 35.4 Å². The molecule has 2 N–H and O–H groups in total. The predicted octanol–water partition coefficient (Wildman–Crippen LogP) is 1.69. The number of hydrogen-bond acceptors (Lipinski definition) is 2. The Hall–Kier alpha value is -2.04. The number of carboxylic acids is 1. The molecule has 0 unspecified atom stereocenters. The second-order valence-electron chi connectivity index (χ2n) is 4.50. The van der Waals surface area contributed by atoms with E-state index >= 15 is 0 Å². The molecular formula is C13H16N2O3. The van der Waals surface area contributed by atoms with Crippen LogP contribution in [0.25, 0.3) is 0 Å². The Morgan fingerprint density at radius 1 is 1.33 bits per heavy atom. The fourth-order valence-corrected chi connectivity index (χ4v) is 1.70. The first kappa shape index (κ1) is 12.4. The average molecular weight is 248 g/mol. The van der Waals surface area contributed by atoms with Gasteiger partial charge in [-0.15, -0.1) is 0 Å². The lowest BCUT2D eigenvalue weighted by Gasteiger charge is -2.17. The van der Waals surface area contributed by atoms with Gasteiger partial charge in [0.15, 0.2) is 0 Å². The number of rotatable bonds is 4. The zero-order valence-corrected chi connectivity index (χ0v) is 10.2. The number of amides is 2. The molecule has 1 fully saturated rings. The first-order valence-electron chi connectivity index (χ1n) is 5.91. The summed E-state index contributed by atoms with van der Waals surface area (Å²) in [6, 6.07) is 6.80. The molecule has 0 aromatic heterocycles. The van der Waals surface area contributed by atoms with E-state index in [1.165, 1.54) is 12.1 Å². The Morgan fingerprint density at radius 2 is 1.94 bits per heavy atom. The molecule has 1 saturated carbocycles. The van der Waals surface area contributed by atoms with Gasteiger partial charge >= 0.3 is 12.0 Å². The van der Waals surface area contributed by atoms with Crippen molar-refractivity contribution in [1.29, 1.82) is 0 Å². The fourth-order valence-electron chi connectivity index (χ4n) is 1.70. The molecule has 5 heteroatoms. The van der Waals surface area contributed by atoms with Gasteiger partial charge in [0.1, 0.15) is 0 Å². The highest BCUT2D eigenvalue weighted by Crippen LogP contribution is 2.25. The van der Waals surface area contributed by atoms with Gasteiger partial charge in [-0.3, -0.25) is 0 Å². The SMILES string of the molecule is CN(C(=O)NCc1ccc(C(=O)O)cc1)C1CC1. The van der Waals surface area contributed by atoms with Crippen molar-refractivity contribution >= 4 is 12.0 Å². The predicted molar refractivity (Wildman–Crippen MR) is 66.4 cm³/mol. The average Bonchev–Trinajstić information content (AvgIpc) is 3.19. The minimum absolute atomic E-state index is 0.0835. The van der Waals surface area contributed by atoms with Crippen LogP contribution in [-0.2, 0) is 6.54 Å². The molecular weight excluding hydrogens is 232 g/mol. The molecule has 5 nitrogen and oxygen atoms in total. The van der Waals surface area contributed by atoms with E-state index in [4.69, 9.17) is 5.11 Å². The molecule has 2 rings (SSSR count). The van der Waals surface area contributed by atoms with Crippen LogP contribution in [0.5, 0.6) is 0 Å². The van der Waals surface area contributed by atoms with Crippen LogP contribution in [-0.4, -0.2) is 35.1 Å². The Morgan fingerprint density at radius 3 is 2.44 bits per heavy atom. The van der Waals surface area contributed by atoms with Crippen LogP contribution >= 0.6 is 0 Å². The molecule has 2 amide bonds. The summed E-state index contributed by atoms with van der Waals surface area (Å²) in [6.07, 6.45) is 2.16. The third-order valence-corrected chi connectivity index (χ3v) is 3.06. The maximum Gasteiger partial charge on any atom is 0.335 e. The molecule has 0 aliphatic heterocycles. The molecule has 96 valence electrons. The molecule has 0 spiro atoms. The van der Waals surface area contributed by atoms with Crippen molar-refractivity contribution in [2.75, 3.05) is 7.05 Å². The second kappa shape index (κ2) is 5.08. The van der Waals surface area contributed by atoms with Crippen molar-refractivity contribution in [2.24, 2.45) is 0 Å². The maximum atomic E-state index is 11.7. The third-order valence-electron chi connectivity index (χ3n) is 3.06. The van der Waals surface area contributed by atoms with Crippen molar-refractivity contribution < 1.29 is 14.7 Å². The van der Waals surface area contributed by atoms with E-state index in [0.717, 1.165) is 18.4 Å². The topological polar surface area (TPSA) is 69.6 Å². The number of urea groups is 1. The van der Waals surface area contributed by atoms with Gasteiger partial charge in [0, 0.05) is 19.6 Å². The molecule has 0 atom stereocenters. The van der Waals surface area contributed by atoms with Crippen molar-refractivity contribution in [2.45, 2.75) is 25.4 Å². The molecule has 0 bridgehead atoms. The summed E-state index contributed by atoms with van der Waals surface area (Å²) in [5.41, 5.74) is 1.14. The van der Waals surface area contributed by atoms with Crippen molar-refractivity contribution in [1.82, 2.24) is 10.2 Å². The first-order valence-corrected chi connectivity index (χ1v) is 5.91. The third kappa shape index (κ3) is 3.00. The van der Waals surface area contributed by atoms with E-state index in [9.17, 15) is 9.59 Å². The Labute approximate surface area is 105 Å². The highest BCUT2D eigenvalue weighted by molar-refractivity contribution is 5.87. The van der Waals surface area contributed by atoms with Crippen molar-refractivity contribution in [3.63, 3.8) is 0 Å². The fraction of sp³-hybridized carbons (Fsp3) is 0.385. The van der Waals surface area contributed by atoms with Gasteiger partial charge in [-0.05, 0) is 30.5 Å². The van der Waals surface area contributed by atoms with Crippen LogP contribution in [0.3, 0.4) is 0 Å². The number of hydrogen-bond donors (Lipinski definition) is 2. The summed E-state index contributed by atoms with van der Waals surface area (Å²) >= 11 is 0. The standard InChI is InChI=1S/C13H16N2O3/c1-15(11-6-7-11)13(18)14-8-9-2-4-10(5-3-9)12(16)17/h2-5,11H,6-8H2,1H3,(H,14,18)(H,16,17). The summed E-state index contributed by atoms with van der Waals surface area (Å²) in [4.78, 5) is 24.1. The van der Waals surface area contributed by atoms with Gasteiger partial charge in [-0.2, -0.15) is 0 Å². The van der Waals surface area contributed by atoms with Crippen LogP contribution in [0.15, 0.2) is 24.3 Å². The molecule has 0 radical (unpaired) electrons. The minimum Gasteiger partial charge on any atom is -0.478 e. The van der Waals surface area contributed by atoms with Crippen LogP contribution in [0, 0.1) is 0 Å². The van der Waals surface area contributed by atoms with Crippen LogP contribution in [0.4, 0.5) is 4.79 Å². The van der Waals surface area contributed by atoms with Crippen LogP contribution in [0.2, 0.25) is 0 Å². The molecule has 1 aromatic rings. The number of carbonyl (C=O) groups excluding carboxylic acids is 1. The molecule has 1 aromatic carbocycles. The maximum absolute atomic E-state index is 11.7. The van der Waals surface area contributed by atoms with Gasteiger partial charge in [0.2, 0.25) is 0 Å². The van der Waals surface area contributed by atoms with Gasteiger partial charge < -0.3 is 15.3 Å². The lowest BCUT2D eigenvalue weighted by molar-refractivity contribution is 0.0697. The summed E-state index contributed by atoms with van der Waals surface area (Å²) in [5.74, 6) is -0.945. The van der Waals surface area contributed by atoms with E-state index in [0.29, 0.717) is 12.6 Å². The number of carbonyl (C=O) groups is 2. The number of nitrogens with zero attached hydrogens (tertiary/aromatic N) is 1. The molecule has 0 saturated heterocycles. The number of aromatic carboxylic acids is 1. The monoisotopic (exact) mass is 248 g/mol. The quantitative estimate of drug-likeness (QED) is 0.851. The number of benzene rings is 1. The van der Waals surface area contributed by atoms with E-state index in [2.05, 4.69) is 5.32 Å². The van der Waals surface area contributed by atoms with E-state index in [1.54, 1.807) is 24.1 Å². The Balaban J connectivity index is 1.85. The smallest absolute Gasteiger partial charge is 0.335 e. The summed E-state index contributed by atoms with van der Waals surface area (Å²) in [6.45, 7) is 0.412. The lowest BCUT2D eigenvalue weighted by atomic mass is 10.1. The Kier molecular flexibility index (Phi) is 3.50. The molecule has 1 aliphatic rings.